The summed E-state index contributed by atoms with van der Waals surface area (Å²) < 4.78 is 11.1. The predicted octanol–water partition coefficient (Wildman–Crippen LogP) is 0.240. The average Bonchev–Trinajstić information content (AvgIpc) is 2.87. The first-order chi connectivity index (χ1) is 12.7. The molecule has 0 radical (unpaired) electrons. The molecule has 144 valence electrons. The molecule has 0 saturated carbocycles. The van der Waals surface area contributed by atoms with Crippen LogP contribution < -0.4 is 15.4 Å². The third-order valence-corrected chi connectivity index (χ3v) is 4.90. The molecule has 2 atom stereocenters. The van der Waals surface area contributed by atoms with Crippen molar-refractivity contribution in [2.45, 2.75) is 25.0 Å². The summed E-state index contributed by atoms with van der Waals surface area (Å²) >= 11 is 0. The van der Waals surface area contributed by atoms with Crippen LogP contribution in [0.25, 0.3) is 0 Å². The standard InChI is InChI=1S/C19H29N3O4/c23-18-2-1-7-20-14-17(18)21-19(24)15-3-5-16(6-4-15)26-13-10-22-8-11-25-12-9-22/h3-6,17-18,20,23H,1-2,7-14H2,(H,21,24)/t17-,18+/m0/s1. The van der Waals surface area contributed by atoms with E-state index in [0.717, 1.165) is 51.6 Å². The van der Waals surface area contributed by atoms with Crippen molar-refractivity contribution in [3.63, 3.8) is 0 Å². The number of amides is 1. The van der Waals surface area contributed by atoms with Gasteiger partial charge in [-0.05, 0) is 43.7 Å². The Balaban J connectivity index is 1.44. The summed E-state index contributed by atoms with van der Waals surface area (Å²) in [5.41, 5.74) is 0.571. The lowest BCUT2D eigenvalue weighted by Crippen LogP contribution is -2.47. The van der Waals surface area contributed by atoms with E-state index in [-0.39, 0.29) is 11.9 Å². The van der Waals surface area contributed by atoms with Gasteiger partial charge in [-0.25, -0.2) is 0 Å². The van der Waals surface area contributed by atoms with Crippen LogP contribution in [0.1, 0.15) is 23.2 Å². The number of hydrogen-bond donors (Lipinski definition) is 3. The summed E-state index contributed by atoms with van der Waals surface area (Å²) in [6, 6.07) is 6.90. The van der Waals surface area contributed by atoms with Crippen molar-refractivity contribution < 1.29 is 19.4 Å². The zero-order valence-electron chi connectivity index (χ0n) is 15.2. The number of aliphatic hydroxyl groups excluding tert-OH is 1. The molecule has 2 fully saturated rings. The molecule has 0 aliphatic carbocycles. The number of morpholine rings is 1. The third-order valence-electron chi connectivity index (χ3n) is 4.90. The summed E-state index contributed by atoms with van der Waals surface area (Å²) in [7, 11) is 0. The number of aliphatic hydroxyl groups is 1. The highest BCUT2D eigenvalue weighted by Gasteiger charge is 2.23. The average molecular weight is 363 g/mol. The molecule has 2 aliphatic heterocycles. The molecule has 0 bridgehead atoms. The van der Waals surface area contributed by atoms with Gasteiger partial charge in [0.25, 0.3) is 5.91 Å². The van der Waals surface area contributed by atoms with Crippen LogP contribution >= 0.6 is 0 Å². The minimum Gasteiger partial charge on any atom is -0.492 e. The molecule has 2 aliphatic rings. The van der Waals surface area contributed by atoms with E-state index in [9.17, 15) is 9.90 Å². The number of nitrogens with one attached hydrogen (secondary N) is 2. The van der Waals surface area contributed by atoms with Gasteiger partial charge in [0.05, 0.1) is 25.4 Å². The molecule has 1 aromatic carbocycles. The zero-order valence-corrected chi connectivity index (χ0v) is 15.2. The summed E-state index contributed by atoms with van der Waals surface area (Å²) in [5, 5.41) is 16.3. The zero-order chi connectivity index (χ0) is 18.2. The van der Waals surface area contributed by atoms with Crippen LogP contribution in [0.4, 0.5) is 0 Å². The molecule has 3 rings (SSSR count). The number of nitrogens with zero attached hydrogens (tertiary/aromatic N) is 1. The third kappa shape index (κ3) is 5.67. The fourth-order valence-electron chi connectivity index (χ4n) is 3.25. The largest absolute Gasteiger partial charge is 0.492 e. The molecule has 1 aromatic rings. The highest BCUT2D eigenvalue weighted by molar-refractivity contribution is 5.94. The Hall–Kier alpha value is -1.67. The van der Waals surface area contributed by atoms with Crippen molar-refractivity contribution in [1.29, 1.82) is 0 Å². The fourth-order valence-corrected chi connectivity index (χ4v) is 3.25. The van der Waals surface area contributed by atoms with E-state index >= 15 is 0 Å². The van der Waals surface area contributed by atoms with E-state index in [1.807, 2.05) is 12.1 Å². The molecule has 0 aromatic heterocycles. The van der Waals surface area contributed by atoms with Crippen molar-refractivity contribution in [3.8, 4) is 5.75 Å². The Morgan fingerprint density at radius 3 is 2.85 bits per heavy atom. The lowest BCUT2D eigenvalue weighted by Gasteiger charge is -2.26. The van der Waals surface area contributed by atoms with Crippen molar-refractivity contribution in [3.05, 3.63) is 29.8 Å². The van der Waals surface area contributed by atoms with Crippen LogP contribution in [0, 0.1) is 0 Å². The smallest absolute Gasteiger partial charge is 0.251 e. The Morgan fingerprint density at radius 2 is 2.08 bits per heavy atom. The molecule has 2 heterocycles. The highest BCUT2D eigenvalue weighted by Crippen LogP contribution is 2.13. The van der Waals surface area contributed by atoms with E-state index in [1.165, 1.54) is 0 Å². The Morgan fingerprint density at radius 1 is 1.31 bits per heavy atom. The number of hydrogen-bond acceptors (Lipinski definition) is 6. The number of carbonyl (C=O) groups is 1. The first kappa shape index (κ1) is 19.1. The Labute approximate surface area is 154 Å². The van der Waals surface area contributed by atoms with Crippen LogP contribution in [-0.2, 0) is 4.74 Å². The van der Waals surface area contributed by atoms with Crippen molar-refractivity contribution >= 4 is 5.91 Å². The lowest BCUT2D eigenvalue weighted by molar-refractivity contribution is 0.0322. The van der Waals surface area contributed by atoms with Gasteiger partial charge in [-0.2, -0.15) is 0 Å². The van der Waals surface area contributed by atoms with E-state index in [1.54, 1.807) is 12.1 Å². The van der Waals surface area contributed by atoms with Gasteiger partial charge in [0, 0.05) is 31.7 Å². The topological polar surface area (TPSA) is 83.1 Å². The molecule has 0 spiro atoms. The summed E-state index contributed by atoms with van der Waals surface area (Å²) in [6.07, 6.45) is 1.12. The molecule has 3 N–H and O–H groups in total. The van der Waals surface area contributed by atoms with E-state index in [4.69, 9.17) is 9.47 Å². The minimum absolute atomic E-state index is 0.169. The lowest BCUT2D eigenvalue weighted by atomic mass is 10.1. The Kier molecular flexibility index (Phi) is 7.25. The van der Waals surface area contributed by atoms with Crippen molar-refractivity contribution in [1.82, 2.24) is 15.5 Å². The second-order valence-electron chi connectivity index (χ2n) is 6.82. The second kappa shape index (κ2) is 9.87. The molecule has 26 heavy (non-hydrogen) atoms. The molecule has 0 unspecified atom stereocenters. The van der Waals surface area contributed by atoms with Crippen LogP contribution in [0.5, 0.6) is 5.75 Å². The molecule has 1 amide bonds. The van der Waals surface area contributed by atoms with Gasteiger partial charge in [0.2, 0.25) is 0 Å². The summed E-state index contributed by atoms with van der Waals surface area (Å²) in [5.74, 6) is 0.587. The van der Waals surface area contributed by atoms with Crippen LogP contribution in [0.3, 0.4) is 0 Å². The van der Waals surface area contributed by atoms with Gasteiger partial charge in [0.1, 0.15) is 12.4 Å². The summed E-state index contributed by atoms with van der Waals surface area (Å²) in [6.45, 7) is 6.43. The second-order valence-corrected chi connectivity index (χ2v) is 6.82. The summed E-state index contributed by atoms with van der Waals surface area (Å²) in [4.78, 5) is 14.7. The maximum Gasteiger partial charge on any atom is 0.251 e. The molecular weight excluding hydrogens is 334 g/mol. The van der Waals surface area contributed by atoms with Crippen LogP contribution in [0.2, 0.25) is 0 Å². The first-order valence-electron chi connectivity index (χ1n) is 9.45. The molecule has 2 saturated heterocycles. The molecule has 7 nitrogen and oxygen atoms in total. The van der Waals surface area contributed by atoms with E-state index in [0.29, 0.717) is 25.1 Å². The van der Waals surface area contributed by atoms with Gasteiger partial charge in [-0.15, -0.1) is 0 Å². The van der Waals surface area contributed by atoms with Crippen LogP contribution in [0.15, 0.2) is 24.3 Å². The number of carbonyl (C=O) groups excluding carboxylic acids is 1. The van der Waals surface area contributed by atoms with Gasteiger partial charge >= 0.3 is 0 Å². The Bertz CT molecular complexity index is 560. The van der Waals surface area contributed by atoms with Gasteiger partial charge in [-0.1, -0.05) is 0 Å². The minimum atomic E-state index is -0.503. The van der Waals surface area contributed by atoms with Crippen molar-refractivity contribution in [2.75, 3.05) is 52.5 Å². The molecule has 7 heteroatoms. The van der Waals surface area contributed by atoms with Gasteiger partial charge in [0.15, 0.2) is 0 Å². The maximum absolute atomic E-state index is 12.4. The normalized spacial score (nSPS) is 24.7. The fraction of sp³-hybridized carbons (Fsp3) is 0.632. The maximum atomic E-state index is 12.4. The quantitative estimate of drug-likeness (QED) is 0.672. The predicted molar refractivity (Wildman–Crippen MR) is 98.6 cm³/mol. The van der Waals surface area contributed by atoms with Gasteiger partial charge in [-0.3, -0.25) is 9.69 Å². The van der Waals surface area contributed by atoms with Gasteiger partial charge < -0.3 is 25.2 Å². The van der Waals surface area contributed by atoms with E-state index < -0.39 is 6.10 Å². The molecular formula is C19H29N3O4. The van der Waals surface area contributed by atoms with Crippen LogP contribution in [-0.4, -0.2) is 80.6 Å². The van der Waals surface area contributed by atoms with E-state index in [2.05, 4.69) is 15.5 Å². The monoisotopic (exact) mass is 363 g/mol. The number of benzene rings is 1. The number of ether oxygens (including phenoxy) is 2. The number of rotatable bonds is 6. The first-order valence-corrected chi connectivity index (χ1v) is 9.45. The highest BCUT2D eigenvalue weighted by atomic mass is 16.5. The SMILES string of the molecule is O=C(N[C@H]1CNCCC[C@H]1O)c1ccc(OCCN2CCOCC2)cc1. The van der Waals surface area contributed by atoms with Crippen molar-refractivity contribution in [2.24, 2.45) is 0 Å².